The van der Waals surface area contributed by atoms with Gasteiger partial charge in [-0.15, -0.1) is 21.5 Å². The lowest BCUT2D eigenvalue weighted by atomic mass is 10.2. The number of nitrogens with one attached hydrogen (secondary N) is 1. The first-order chi connectivity index (χ1) is 13.6. The summed E-state index contributed by atoms with van der Waals surface area (Å²) in [5.41, 5.74) is 2.08. The molecule has 144 valence electrons. The van der Waals surface area contributed by atoms with Crippen molar-refractivity contribution in [2.24, 2.45) is 0 Å². The maximum Gasteiger partial charge on any atom is 0.264 e. The molecule has 0 atom stereocenters. The number of pyridine rings is 1. The first-order valence-electron chi connectivity index (χ1n) is 9.22. The Morgan fingerprint density at radius 1 is 1.04 bits per heavy atom. The Morgan fingerprint density at radius 2 is 1.86 bits per heavy atom. The number of aromatic nitrogens is 3. The topological polar surface area (TPSA) is 74.2 Å². The predicted octanol–water partition coefficient (Wildman–Crippen LogP) is 3.26. The number of nitrogens with zero attached hydrogens (tertiary/aromatic N) is 5. The fourth-order valence-corrected chi connectivity index (χ4v) is 4.01. The van der Waals surface area contributed by atoms with Crippen molar-refractivity contribution in [1.82, 2.24) is 20.1 Å². The number of hydrogen-bond acceptors (Lipinski definition) is 7. The Morgan fingerprint density at radius 3 is 2.50 bits per heavy atom. The van der Waals surface area contributed by atoms with Gasteiger partial charge < -0.3 is 15.1 Å². The quantitative estimate of drug-likeness (QED) is 0.732. The average molecular weight is 395 g/mol. The Bertz CT molecular complexity index is 963. The van der Waals surface area contributed by atoms with Gasteiger partial charge in [-0.05, 0) is 55.1 Å². The molecule has 3 aromatic rings. The van der Waals surface area contributed by atoms with Gasteiger partial charge in [-0.3, -0.25) is 4.79 Å². The molecule has 28 heavy (non-hydrogen) atoms. The summed E-state index contributed by atoms with van der Waals surface area (Å²) in [6.07, 6.45) is 0. The molecule has 1 amide bonds. The van der Waals surface area contributed by atoms with Crippen LogP contribution in [0, 0.1) is 13.8 Å². The number of rotatable bonds is 4. The van der Waals surface area contributed by atoms with E-state index in [-0.39, 0.29) is 5.91 Å². The molecule has 0 aliphatic carbocycles. The standard InChI is InChI=1S/C20H22N6OS/c1-14-12-16(28-13-14)20(27)26-10-8-25(9-11-26)19-7-6-18(23-24-19)22-17-5-3-4-15(2)21-17/h3-7,12-13H,8-11H2,1-2H3,(H,21,22,23). The summed E-state index contributed by atoms with van der Waals surface area (Å²) >= 11 is 1.51. The minimum absolute atomic E-state index is 0.119. The normalized spacial score (nSPS) is 14.2. The van der Waals surface area contributed by atoms with E-state index in [1.807, 2.05) is 60.5 Å². The van der Waals surface area contributed by atoms with E-state index >= 15 is 0 Å². The first-order valence-corrected chi connectivity index (χ1v) is 10.1. The van der Waals surface area contributed by atoms with Gasteiger partial charge in [0.2, 0.25) is 0 Å². The molecule has 3 aromatic heterocycles. The number of carbonyl (C=O) groups excluding carboxylic acids is 1. The van der Waals surface area contributed by atoms with Crippen LogP contribution in [0.3, 0.4) is 0 Å². The lowest BCUT2D eigenvalue weighted by Crippen LogP contribution is -2.49. The predicted molar refractivity (Wildman–Crippen MR) is 111 cm³/mol. The van der Waals surface area contributed by atoms with Crippen molar-refractivity contribution < 1.29 is 4.79 Å². The van der Waals surface area contributed by atoms with Crippen molar-refractivity contribution in [3.05, 3.63) is 57.9 Å². The van der Waals surface area contributed by atoms with Crippen LogP contribution in [-0.4, -0.2) is 52.2 Å². The highest BCUT2D eigenvalue weighted by atomic mass is 32.1. The first kappa shape index (κ1) is 18.4. The summed E-state index contributed by atoms with van der Waals surface area (Å²) in [5, 5.41) is 13.8. The lowest BCUT2D eigenvalue weighted by molar-refractivity contribution is 0.0751. The molecule has 0 spiro atoms. The second-order valence-electron chi connectivity index (χ2n) is 6.83. The molecule has 1 N–H and O–H groups in total. The van der Waals surface area contributed by atoms with Crippen LogP contribution in [0.5, 0.6) is 0 Å². The number of hydrogen-bond donors (Lipinski definition) is 1. The largest absolute Gasteiger partial charge is 0.352 e. The summed E-state index contributed by atoms with van der Waals surface area (Å²) in [4.78, 5) is 21.9. The van der Waals surface area contributed by atoms with E-state index in [9.17, 15) is 4.79 Å². The summed E-state index contributed by atoms with van der Waals surface area (Å²) in [6.45, 7) is 6.82. The van der Waals surface area contributed by atoms with Gasteiger partial charge in [-0.25, -0.2) is 4.98 Å². The molecule has 0 unspecified atom stereocenters. The third-order valence-electron chi connectivity index (χ3n) is 4.63. The number of amides is 1. The second-order valence-corrected chi connectivity index (χ2v) is 7.74. The van der Waals surface area contributed by atoms with Crippen LogP contribution >= 0.6 is 11.3 Å². The molecular weight excluding hydrogens is 372 g/mol. The summed E-state index contributed by atoms with van der Waals surface area (Å²) in [7, 11) is 0. The Labute approximate surface area is 168 Å². The zero-order chi connectivity index (χ0) is 19.5. The monoisotopic (exact) mass is 394 g/mol. The molecule has 0 saturated carbocycles. The van der Waals surface area contributed by atoms with E-state index in [0.717, 1.165) is 40.9 Å². The Kier molecular flexibility index (Phi) is 5.21. The third kappa shape index (κ3) is 4.12. The number of anilines is 3. The summed E-state index contributed by atoms with van der Waals surface area (Å²) < 4.78 is 0. The van der Waals surface area contributed by atoms with E-state index < -0.39 is 0 Å². The van der Waals surface area contributed by atoms with Gasteiger partial charge in [0.25, 0.3) is 5.91 Å². The van der Waals surface area contributed by atoms with Crippen LogP contribution in [-0.2, 0) is 0 Å². The average Bonchev–Trinajstić information content (AvgIpc) is 3.15. The van der Waals surface area contributed by atoms with Crippen molar-refractivity contribution in [2.75, 3.05) is 36.4 Å². The van der Waals surface area contributed by atoms with E-state index in [1.165, 1.54) is 11.3 Å². The van der Waals surface area contributed by atoms with Crippen LogP contribution in [0.1, 0.15) is 20.9 Å². The number of piperazine rings is 1. The van der Waals surface area contributed by atoms with Crippen molar-refractivity contribution in [1.29, 1.82) is 0 Å². The van der Waals surface area contributed by atoms with Crippen molar-refractivity contribution in [3.63, 3.8) is 0 Å². The van der Waals surface area contributed by atoms with Gasteiger partial charge in [0.05, 0.1) is 4.88 Å². The lowest BCUT2D eigenvalue weighted by Gasteiger charge is -2.35. The third-order valence-corrected chi connectivity index (χ3v) is 5.66. The zero-order valence-electron chi connectivity index (χ0n) is 15.9. The molecule has 0 radical (unpaired) electrons. The van der Waals surface area contributed by atoms with Gasteiger partial charge >= 0.3 is 0 Å². The van der Waals surface area contributed by atoms with Crippen molar-refractivity contribution >= 4 is 34.7 Å². The number of aryl methyl sites for hydroxylation is 2. The Balaban J connectivity index is 1.35. The van der Waals surface area contributed by atoms with E-state index in [1.54, 1.807) is 0 Å². The zero-order valence-corrected chi connectivity index (χ0v) is 16.7. The van der Waals surface area contributed by atoms with Crippen LogP contribution < -0.4 is 10.2 Å². The summed E-state index contributed by atoms with van der Waals surface area (Å²) in [6, 6.07) is 11.6. The molecule has 1 aliphatic rings. The molecular formula is C20H22N6OS. The fraction of sp³-hybridized carbons (Fsp3) is 0.300. The highest BCUT2D eigenvalue weighted by molar-refractivity contribution is 7.12. The molecule has 1 saturated heterocycles. The number of thiophene rings is 1. The molecule has 0 bridgehead atoms. The van der Waals surface area contributed by atoms with E-state index in [0.29, 0.717) is 18.9 Å². The molecule has 0 aromatic carbocycles. The minimum atomic E-state index is 0.119. The molecule has 7 nitrogen and oxygen atoms in total. The highest BCUT2D eigenvalue weighted by Gasteiger charge is 2.23. The van der Waals surface area contributed by atoms with Crippen LogP contribution in [0.15, 0.2) is 41.8 Å². The fourth-order valence-electron chi connectivity index (χ4n) is 3.14. The van der Waals surface area contributed by atoms with Crippen LogP contribution in [0.2, 0.25) is 0 Å². The van der Waals surface area contributed by atoms with E-state index in [4.69, 9.17) is 0 Å². The molecule has 8 heteroatoms. The SMILES string of the molecule is Cc1csc(C(=O)N2CCN(c3ccc(Nc4cccc(C)n4)nn3)CC2)c1. The smallest absolute Gasteiger partial charge is 0.264 e. The maximum atomic E-state index is 12.6. The highest BCUT2D eigenvalue weighted by Crippen LogP contribution is 2.20. The summed E-state index contributed by atoms with van der Waals surface area (Å²) in [5.74, 6) is 2.34. The molecule has 4 rings (SSSR count). The van der Waals surface area contributed by atoms with Crippen molar-refractivity contribution in [3.8, 4) is 0 Å². The molecule has 1 aliphatic heterocycles. The van der Waals surface area contributed by atoms with Gasteiger partial charge in [0.15, 0.2) is 11.6 Å². The second kappa shape index (κ2) is 7.93. The Hall–Kier alpha value is -3.00. The maximum absolute atomic E-state index is 12.6. The van der Waals surface area contributed by atoms with Gasteiger partial charge in [0, 0.05) is 31.9 Å². The molecule has 1 fully saturated rings. The van der Waals surface area contributed by atoms with Crippen LogP contribution in [0.25, 0.3) is 0 Å². The van der Waals surface area contributed by atoms with Gasteiger partial charge in [-0.1, -0.05) is 6.07 Å². The van der Waals surface area contributed by atoms with Gasteiger partial charge in [0.1, 0.15) is 5.82 Å². The van der Waals surface area contributed by atoms with Crippen molar-refractivity contribution in [2.45, 2.75) is 13.8 Å². The number of carbonyl (C=O) groups is 1. The minimum Gasteiger partial charge on any atom is -0.352 e. The van der Waals surface area contributed by atoms with E-state index in [2.05, 4.69) is 25.4 Å². The van der Waals surface area contributed by atoms with Gasteiger partial charge in [-0.2, -0.15) is 0 Å². The van der Waals surface area contributed by atoms with Crippen LogP contribution in [0.4, 0.5) is 17.5 Å². The molecule has 4 heterocycles.